The van der Waals surface area contributed by atoms with E-state index in [9.17, 15) is 9.59 Å². The third-order valence-electron chi connectivity index (χ3n) is 4.61. The van der Waals surface area contributed by atoms with Crippen LogP contribution in [0.4, 0.5) is 0 Å². The standard InChI is InChI=1S/C23H29ClN2O2S/c1-3-21(23(28)25-4-2)26(16-19-12-8-9-13-20(19)24)22(27)14-15-29-17-18-10-6-5-7-11-18/h5-13,21H,3-4,14-17H2,1-2H3,(H,25,28)/t21-/m1/s1. The highest BCUT2D eigenvalue weighted by Gasteiger charge is 2.28. The Kier molecular flexibility index (Phi) is 10.1. The van der Waals surface area contributed by atoms with E-state index in [2.05, 4.69) is 17.4 Å². The molecule has 2 aromatic rings. The van der Waals surface area contributed by atoms with Gasteiger partial charge in [-0.15, -0.1) is 0 Å². The molecule has 1 N–H and O–H groups in total. The van der Waals surface area contributed by atoms with Crippen molar-refractivity contribution in [2.24, 2.45) is 0 Å². The summed E-state index contributed by atoms with van der Waals surface area (Å²) >= 11 is 8.04. The van der Waals surface area contributed by atoms with Gasteiger partial charge in [0.15, 0.2) is 0 Å². The van der Waals surface area contributed by atoms with Crippen molar-refractivity contribution >= 4 is 35.2 Å². The summed E-state index contributed by atoms with van der Waals surface area (Å²) in [5, 5.41) is 3.46. The minimum absolute atomic E-state index is 0.0245. The highest BCUT2D eigenvalue weighted by Crippen LogP contribution is 2.21. The Bertz CT molecular complexity index is 785. The lowest BCUT2D eigenvalue weighted by molar-refractivity contribution is -0.141. The van der Waals surface area contributed by atoms with Crippen molar-refractivity contribution < 1.29 is 9.59 Å². The number of carbonyl (C=O) groups is 2. The Labute approximate surface area is 183 Å². The Morgan fingerprint density at radius 3 is 2.41 bits per heavy atom. The lowest BCUT2D eigenvalue weighted by Crippen LogP contribution is -2.49. The largest absolute Gasteiger partial charge is 0.355 e. The first-order valence-corrected chi connectivity index (χ1v) is 11.5. The number of hydrogen-bond acceptors (Lipinski definition) is 3. The molecule has 0 saturated carbocycles. The first kappa shape index (κ1) is 23.3. The van der Waals surface area contributed by atoms with Crippen LogP contribution in [0.5, 0.6) is 0 Å². The molecular formula is C23H29ClN2O2S. The van der Waals surface area contributed by atoms with Gasteiger partial charge >= 0.3 is 0 Å². The van der Waals surface area contributed by atoms with Crippen LogP contribution in [0.3, 0.4) is 0 Å². The number of likely N-dealkylation sites (N-methyl/N-ethyl adjacent to an activating group) is 1. The maximum Gasteiger partial charge on any atom is 0.242 e. The average molecular weight is 433 g/mol. The smallest absolute Gasteiger partial charge is 0.242 e. The minimum Gasteiger partial charge on any atom is -0.355 e. The third kappa shape index (κ3) is 7.41. The predicted octanol–water partition coefficient (Wildman–Crippen LogP) is 4.91. The van der Waals surface area contributed by atoms with E-state index in [0.717, 1.165) is 11.3 Å². The van der Waals surface area contributed by atoms with Crippen molar-refractivity contribution in [1.29, 1.82) is 0 Å². The van der Waals surface area contributed by atoms with Crippen LogP contribution in [0, 0.1) is 0 Å². The summed E-state index contributed by atoms with van der Waals surface area (Å²) < 4.78 is 0. The van der Waals surface area contributed by atoms with Gasteiger partial charge in [-0.05, 0) is 30.5 Å². The van der Waals surface area contributed by atoms with Crippen LogP contribution in [0.2, 0.25) is 5.02 Å². The van der Waals surface area contributed by atoms with Crippen LogP contribution < -0.4 is 5.32 Å². The lowest BCUT2D eigenvalue weighted by atomic mass is 10.1. The van der Waals surface area contributed by atoms with Gasteiger partial charge in [0.05, 0.1) is 0 Å². The summed E-state index contributed by atoms with van der Waals surface area (Å²) in [6, 6.07) is 17.2. The average Bonchev–Trinajstić information content (AvgIpc) is 2.73. The van der Waals surface area contributed by atoms with Gasteiger partial charge in [0.25, 0.3) is 0 Å². The number of rotatable bonds is 11. The van der Waals surface area contributed by atoms with E-state index in [-0.39, 0.29) is 11.8 Å². The molecule has 0 fully saturated rings. The molecule has 0 aromatic heterocycles. The number of nitrogens with zero attached hydrogens (tertiary/aromatic N) is 1. The van der Waals surface area contributed by atoms with Crippen LogP contribution >= 0.6 is 23.4 Å². The van der Waals surface area contributed by atoms with Crippen molar-refractivity contribution in [3.8, 4) is 0 Å². The predicted molar refractivity (Wildman–Crippen MR) is 122 cm³/mol. The number of hydrogen-bond donors (Lipinski definition) is 1. The van der Waals surface area contributed by atoms with Gasteiger partial charge in [0.1, 0.15) is 6.04 Å². The van der Waals surface area contributed by atoms with Gasteiger partial charge in [-0.25, -0.2) is 0 Å². The topological polar surface area (TPSA) is 49.4 Å². The van der Waals surface area contributed by atoms with Crippen molar-refractivity contribution in [2.75, 3.05) is 12.3 Å². The highest BCUT2D eigenvalue weighted by atomic mass is 35.5. The fraction of sp³-hybridized carbons (Fsp3) is 0.391. The zero-order valence-electron chi connectivity index (χ0n) is 17.1. The molecule has 0 aliphatic rings. The molecule has 0 radical (unpaired) electrons. The Hall–Kier alpha value is -1.98. The molecule has 0 aliphatic heterocycles. The molecule has 0 unspecified atom stereocenters. The monoisotopic (exact) mass is 432 g/mol. The second kappa shape index (κ2) is 12.6. The number of thioether (sulfide) groups is 1. The normalized spacial score (nSPS) is 11.7. The fourth-order valence-corrected chi connectivity index (χ4v) is 4.18. The molecule has 29 heavy (non-hydrogen) atoms. The molecule has 2 aromatic carbocycles. The van der Waals surface area contributed by atoms with Gasteiger partial charge in [0.2, 0.25) is 11.8 Å². The number of benzene rings is 2. The van der Waals surface area contributed by atoms with Gasteiger partial charge in [-0.3, -0.25) is 9.59 Å². The van der Waals surface area contributed by atoms with E-state index in [1.54, 1.807) is 16.7 Å². The van der Waals surface area contributed by atoms with Crippen LogP contribution in [0.25, 0.3) is 0 Å². The molecule has 2 rings (SSSR count). The van der Waals surface area contributed by atoms with E-state index in [0.29, 0.717) is 36.7 Å². The van der Waals surface area contributed by atoms with E-state index < -0.39 is 6.04 Å². The summed E-state index contributed by atoms with van der Waals surface area (Å²) in [7, 11) is 0. The van der Waals surface area contributed by atoms with Gasteiger partial charge in [0, 0.05) is 36.0 Å². The number of halogens is 1. The first-order chi connectivity index (χ1) is 14.1. The first-order valence-electron chi connectivity index (χ1n) is 9.99. The fourth-order valence-electron chi connectivity index (χ4n) is 3.09. The summed E-state index contributed by atoms with van der Waals surface area (Å²) in [5.74, 6) is 1.43. The second-order valence-corrected chi connectivity index (χ2v) is 8.23. The molecule has 0 saturated heterocycles. The van der Waals surface area contributed by atoms with Gasteiger partial charge < -0.3 is 10.2 Å². The number of carbonyl (C=O) groups excluding carboxylic acids is 2. The molecular weight excluding hydrogens is 404 g/mol. The maximum atomic E-state index is 13.1. The van der Waals surface area contributed by atoms with Crippen molar-refractivity contribution in [2.45, 2.75) is 45.0 Å². The van der Waals surface area contributed by atoms with Gasteiger partial charge in [-0.1, -0.05) is 67.1 Å². The van der Waals surface area contributed by atoms with E-state index in [1.165, 1.54) is 5.56 Å². The summed E-state index contributed by atoms with van der Waals surface area (Å²) in [4.78, 5) is 27.3. The molecule has 0 aliphatic carbocycles. The SMILES string of the molecule is CCNC(=O)[C@@H](CC)N(Cc1ccccc1Cl)C(=O)CCSCc1ccccc1. The molecule has 0 heterocycles. The van der Waals surface area contributed by atoms with Crippen LogP contribution in [-0.4, -0.2) is 35.1 Å². The summed E-state index contributed by atoms with van der Waals surface area (Å²) in [5.41, 5.74) is 2.09. The molecule has 2 amide bonds. The van der Waals surface area contributed by atoms with Crippen molar-refractivity contribution in [3.63, 3.8) is 0 Å². The quantitative estimate of drug-likeness (QED) is 0.513. The highest BCUT2D eigenvalue weighted by molar-refractivity contribution is 7.98. The number of nitrogens with one attached hydrogen (secondary N) is 1. The maximum absolute atomic E-state index is 13.1. The molecule has 6 heteroatoms. The van der Waals surface area contributed by atoms with Crippen LogP contribution in [0.1, 0.15) is 37.8 Å². The van der Waals surface area contributed by atoms with E-state index in [1.807, 2.05) is 56.3 Å². The van der Waals surface area contributed by atoms with Crippen molar-refractivity contribution in [3.05, 3.63) is 70.7 Å². The zero-order valence-corrected chi connectivity index (χ0v) is 18.6. The second-order valence-electron chi connectivity index (χ2n) is 6.72. The minimum atomic E-state index is -0.502. The Morgan fingerprint density at radius 2 is 1.76 bits per heavy atom. The summed E-state index contributed by atoms with van der Waals surface area (Å²) in [6.45, 7) is 4.68. The van der Waals surface area contributed by atoms with Crippen LogP contribution in [-0.2, 0) is 21.9 Å². The molecule has 4 nitrogen and oxygen atoms in total. The summed E-state index contributed by atoms with van der Waals surface area (Å²) in [6.07, 6.45) is 0.942. The number of amides is 2. The third-order valence-corrected chi connectivity index (χ3v) is 6.01. The molecule has 0 bridgehead atoms. The lowest BCUT2D eigenvalue weighted by Gasteiger charge is -2.31. The van der Waals surface area contributed by atoms with Gasteiger partial charge in [-0.2, -0.15) is 11.8 Å². The molecule has 1 atom stereocenters. The Morgan fingerprint density at radius 1 is 1.07 bits per heavy atom. The molecule has 0 spiro atoms. The van der Waals surface area contributed by atoms with E-state index in [4.69, 9.17) is 11.6 Å². The molecule has 156 valence electrons. The zero-order chi connectivity index (χ0) is 21.1. The van der Waals surface area contributed by atoms with Crippen LogP contribution in [0.15, 0.2) is 54.6 Å². The van der Waals surface area contributed by atoms with E-state index >= 15 is 0 Å². The Balaban J connectivity index is 2.05. The van der Waals surface area contributed by atoms with Crippen molar-refractivity contribution in [1.82, 2.24) is 10.2 Å².